The van der Waals surface area contributed by atoms with Gasteiger partial charge >= 0.3 is 0 Å². The Hall–Kier alpha value is -2.74. The fraction of sp³-hybridized carbons (Fsp3) is 0.125. The van der Waals surface area contributed by atoms with Gasteiger partial charge in [-0.3, -0.25) is 4.79 Å². The van der Waals surface area contributed by atoms with Crippen LogP contribution in [-0.4, -0.2) is 5.91 Å². The predicted octanol–water partition coefficient (Wildman–Crippen LogP) is 3.27. The highest BCUT2D eigenvalue weighted by Crippen LogP contribution is 2.18. The molecule has 0 fully saturated rings. The van der Waals surface area contributed by atoms with Crippen LogP contribution in [0.15, 0.2) is 42.5 Å². The normalized spacial score (nSPS) is 11.5. The van der Waals surface area contributed by atoms with E-state index in [0.717, 1.165) is 6.07 Å². The van der Waals surface area contributed by atoms with E-state index in [1.807, 2.05) is 6.07 Å². The Bertz CT molecular complexity index is 708. The number of halogens is 2. The Balaban J connectivity index is 2.30. The Morgan fingerprint density at radius 2 is 1.86 bits per heavy atom. The summed E-state index contributed by atoms with van der Waals surface area (Å²) in [6.45, 7) is 1.44. The molecule has 2 aromatic carbocycles. The summed E-state index contributed by atoms with van der Waals surface area (Å²) in [7, 11) is 0. The molecule has 0 spiro atoms. The standard InChI is InChI=1S/C16H12F2N2O/c1-10-7-8-12(17)14(15(10)18)16(21)20-13(9-19)11-5-3-2-4-6-11/h2-8,13H,1H3,(H,20,21). The van der Waals surface area contributed by atoms with Crippen molar-refractivity contribution in [2.24, 2.45) is 0 Å². The summed E-state index contributed by atoms with van der Waals surface area (Å²) >= 11 is 0. The van der Waals surface area contributed by atoms with Gasteiger partial charge in [0.25, 0.3) is 5.91 Å². The molecular weight excluding hydrogens is 274 g/mol. The van der Waals surface area contributed by atoms with Gasteiger partial charge in [0.2, 0.25) is 0 Å². The molecule has 106 valence electrons. The minimum Gasteiger partial charge on any atom is -0.332 e. The van der Waals surface area contributed by atoms with Crippen LogP contribution in [0.1, 0.15) is 27.5 Å². The maximum Gasteiger partial charge on any atom is 0.258 e. The molecule has 0 bridgehead atoms. The fourth-order valence-electron chi connectivity index (χ4n) is 1.90. The van der Waals surface area contributed by atoms with Gasteiger partial charge in [-0.15, -0.1) is 0 Å². The van der Waals surface area contributed by atoms with Crippen molar-refractivity contribution in [3.8, 4) is 6.07 Å². The number of benzene rings is 2. The lowest BCUT2D eigenvalue weighted by Crippen LogP contribution is -2.29. The highest BCUT2D eigenvalue weighted by molar-refractivity contribution is 5.95. The van der Waals surface area contributed by atoms with E-state index in [0.29, 0.717) is 5.56 Å². The molecule has 21 heavy (non-hydrogen) atoms. The number of carbonyl (C=O) groups is 1. The molecule has 0 saturated carbocycles. The smallest absolute Gasteiger partial charge is 0.258 e. The monoisotopic (exact) mass is 286 g/mol. The largest absolute Gasteiger partial charge is 0.332 e. The van der Waals surface area contributed by atoms with Crippen molar-refractivity contribution >= 4 is 5.91 Å². The first-order valence-corrected chi connectivity index (χ1v) is 6.24. The van der Waals surface area contributed by atoms with Crippen molar-refractivity contribution in [3.63, 3.8) is 0 Å². The molecule has 0 heterocycles. The summed E-state index contributed by atoms with van der Waals surface area (Å²) in [4.78, 5) is 12.0. The maximum atomic E-state index is 13.9. The van der Waals surface area contributed by atoms with Gasteiger partial charge < -0.3 is 5.32 Å². The van der Waals surface area contributed by atoms with Crippen LogP contribution in [0, 0.1) is 29.9 Å². The summed E-state index contributed by atoms with van der Waals surface area (Å²) in [6.07, 6.45) is 0. The van der Waals surface area contributed by atoms with Crippen molar-refractivity contribution in [1.82, 2.24) is 5.32 Å². The highest BCUT2D eigenvalue weighted by Gasteiger charge is 2.22. The van der Waals surface area contributed by atoms with Crippen LogP contribution >= 0.6 is 0 Å². The van der Waals surface area contributed by atoms with E-state index in [-0.39, 0.29) is 5.56 Å². The highest BCUT2D eigenvalue weighted by atomic mass is 19.1. The van der Waals surface area contributed by atoms with Gasteiger partial charge in [-0.25, -0.2) is 8.78 Å². The van der Waals surface area contributed by atoms with E-state index in [1.165, 1.54) is 13.0 Å². The van der Waals surface area contributed by atoms with Crippen LogP contribution in [0.2, 0.25) is 0 Å². The molecule has 3 nitrogen and oxygen atoms in total. The van der Waals surface area contributed by atoms with Gasteiger partial charge in [0.05, 0.1) is 6.07 Å². The van der Waals surface area contributed by atoms with Gasteiger partial charge in [-0.2, -0.15) is 5.26 Å². The summed E-state index contributed by atoms with van der Waals surface area (Å²) in [5.74, 6) is -2.83. The average Bonchev–Trinajstić information content (AvgIpc) is 2.50. The number of carbonyl (C=O) groups excluding carboxylic acids is 1. The van der Waals surface area contributed by atoms with Crippen LogP contribution < -0.4 is 5.32 Å². The minimum atomic E-state index is -0.974. The third-order valence-corrected chi connectivity index (χ3v) is 3.05. The van der Waals surface area contributed by atoms with Gasteiger partial charge in [-0.1, -0.05) is 36.4 Å². The van der Waals surface area contributed by atoms with E-state index in [1.54, 1.807) is 30.3 Å². The lowest BCUT2D eigenvalue weighted by atomic mass is 10.1. The van der Waals surface area contributed by atoms with Gasteiger partial charge in [-0.05, 0) is 24.1 Å². The van der Waals surface area contributed by atoms with Crippen molar-refractivity contribution in [2.45, 2.75) is 13.0 Å². The lowest BCUT2D eigenvalue weighted by Gasteiger charge is -2.13. The maximum absolute atomic E-state index is 13.9. The van der Waals surface area contributed by atoms with Gasteiger partial charge in [0.15, 0.2) is 0 Å². The number of rotatable bonds is 3. The summed E-state index contributed by atoms with van der Waals surface area (Å²) in [5, 5.41) is 11.4. The number of aryl methyl sites for hydroxylation is 1. The van der Waals surface area contributed by atoms with Crippen LogP contribution in [0.4, 0.5) is 8.78 Å². The predicted molar refractivity (Wildman–Crippen MR) is 73.4 cm³/mol. The molecule has 1 amide bonds. The molecule has 2 aromatic rings. The number of nitriles is 1. The lowest BCUT2D eigenvalue weighted by molar-refractivity contribution is 0.0936. The molecule has 0 aliphatic carbocycles. The molecule has 0 radical (unpaired) electrons. The number of nitrogens with zero attached hydrogens (tertiary/aromatic N) is 1. The summed E-state index contributed by atoms with van der Waals surface area (Å²) in [6, 6.07) is 11.7. The van der Waals surface area contributed by atoms with Crippen LogP contribution in [-0.2, 0) is 0 Å². The second kappa shape index (κ2) is 6.14. The molecule has 0 aliphatic rings. The van der Waals surface area contributed by atoms with Gasteiger partial charge in [0.1, 0.15) is 23.2 Å². The molecular formula is C16H12F2N2O. The van der Waals surface area contributed by atoms with E-state index in [9.17, 15) is 13.6 Å². The van der Waals surface area contributed by atoms with E-state index in [2.05, 4.69) is 5.32 Å². The Morgan fingerprint density at radius 1 is 1.19 bits per heavy atom. The summed E-state index contributed by atoms with van der Waals surface area (Å²) in [5.41, 5.74) is 0.0303. The molecule has 2 rings (SSSR count). The third-order valence-electron chi connectivity index (χ3n) is 3.05. The average molecular weight is 286 g/mol. The molecule has 0 aliphatic heterocycles. The van der Waals surface area contributed by atoms with Crippen LogP contribution in [0.5, 0.6) is 0 Å². The zero-order chi connectivity index (χ0) is 15.4. The molecule has 5 heteroatoms. The van der Waals surface area contributed by atoms with Crippen molar-refractivity contribution in [1.29, 1.82) is 5.26 Å². The topological polar surface area (TPSA) is 52.9 Å². The Morgan fingerprint density at radius 3 is 2.48 bits per heavy atom. The molecule has 1 atom stereocenters. The molecule has 0 aromatic heterocycles. The first-order valence-electron chi connectivity index (χ1n) is 6.24. The number of hydrogen-bond donors (Lipinski definition) is 1. The van der Waals surface area contributed by atoms with Gasteiger partial charge in [0, 0.05) is 0 Å². The number of nitrogens with one attached hydrogen (secondary N) is 1. The van der Waals surface area contributed by atoms with Crippen molar-refractivity contribution in [2.75, 3.05) is 0 Å². The second-order valence-electron chi connectivity index (χ2n) is 4.50. The zero-order valence-corrected chi connectivity index (χ0v) is 11.2. The molecule has 1 N–H and O–H groups in total. The fourth-order valence-corrected chi connectivity index (χ4v) is 1.90. The van der Waals surface area contributed by atoms with Crippen LogP contribution in [0.25, 0.3) is 0 Å². The van der Waals surface area contributed by atoms with E-state index in [4.69, 9.17) is 5.26 Å². The third kappa shape index (κ3) is 3.06. The number of hydrogen-bond acceptors (Lipinski definition) is 2. The first-order chi connectivity index (χ1) is 10.0. The molecule has 1 unspecified atom stereocenters. The van der Waals surface area contributed by atoms with Crippen LogP contribution in [0.3, 0.4) is 0 Å². The van der Waals surface area contributed by atoms with E-state index >= 15 is 0 Å². The zero-order valence-electron chi connectivity index (χ0n) is 11.2. The second-order valence-corrected chi connectivity index (χ2v) is 4.50. The quantitative estimate of drug-likeness (QED) is 0.941. The van der Waals surface area contributed by atoms with Crippen molar-refractivity contribution < 1.29 is 13.6 Å². The Kier molecular flexibility index (Phi) is 4.29. The molecule has 0 saturated heterocycles. The Labute approximate surface area is 120 Å². The SMILES string of the molecule is Cc1ccc(F)c(C(=O)NC(C#N)c2ccccc2)c1F. The van der Waals surface area contributed by atoms with E-state index < -0.39 is 29.1 Å². The number of amides is 1. The first kappa shape index (κ1) is 14.7. The van der Waals surface area contributed by atoms with Crippen molar-refractivity contribution in [3.05, 3.63) is 70.8 Å². The summed E-state index contributed by atoms with van der Waals surface area (Å²) < 4.78 is 27.5. The minimum absolute atomic E-state index is 0.162.